The number of thiazole rings is 1. The van der Waals surface area contributed by atoms with Crippen LogP contribution in [0.1, 0.15) is 28.9 Å². The molecule has 2 aromatic heterocycles. The minimum absolute atomic E-state index is 0.0551. The van der Waals surface area contributed by atoms with Crippen LogP contribution in [0.15, 0.2) is 54.7 Å². The molecule has 1 spiro atoms. The van der Waals surface area contributed by atoms with Gasteiger partial charge in [-0.25, -0.2) is 4.98 Å². The van der Waals surface area contributed by atoms with Crippen molar-refractivity contribution < 1.29 is 9.53 Å². The minimum Gasteiger partial charge on any atom is -0.497 e. The summed E-state index contributed by atoms with van der Waals surface area (Å²) < 4.78 is 9.13. The number of likely N-dealkylation sites (tertiary alicyclic amines) is 1. The fourth-order valence-electron chi connectivity index (χ4n) is 4.94. The van der Waals surface area contributed by atoms with Gasteiger partial charge in [-0.15, -0.1) is 11.3 Å². The molecule has 0 bridgehead atoms. The number of nitrogens with one attached hydrogen (secondary N) is 1. The zero-order valence-electron chi connectivity index (χ0n) is 17.5. The number of methoxy groups -OCH3 is 1. The highest BCUT2D eigenvalue weighted by Crippen LogP contribution is 2.44. The molecule has 2 aromatic carbocycles. The highest BCUT2D eigenvalue weighted by molar-refractivity contribution is 7.22. The second-order valence-electron chi connectivity index (χ2n) is 8.30. The number of amides is 1. The zero-order chi connectivity index (χ0) is 21.9. The van der Waals surface area contributed by atoms with Crippen LogP contribution in [0.5, 0.6) is 5.75 Å². The van der Waals surface area contributed by atoms with E-state index in [1.165, 1.54) is 17.0 Å². The predicted octanol–water partition coefficient (Wildman–Crippen LogP) is 5.31. The molecule has 1 saturated heterocycles. The number of nitrogens with zero attached hydrogens (tertiary/aromatic N) is 3. The lowest BCUT2D eigenvalue weighted by atomic mass is 9.82. The average Bonchev–Trinajstić information content (AvgIpc) is 3.45. The molecule has 0 radical (unpaired) electrons. The summed E-state index contributed by atoms with van der Waals surface area (Å²) in [4.78, 5) is 19.5. The molecule has 0 saturated carbocycles. The maximum absolute atomic E-state index is 13.2. The highest BCUT2D eigenvalue weighted by Gasteiger charge is 2.42. The molecular weight excluding hydrogens is 444 g/mol. The van der Waals surface area contributed by atoms with E-state index in [1.807, 2.05) is 35.2 Å². The molecule has 32 heavy (non-hydrogen) atoms. The molecule has 162 valence electrons. The van der Waals surface area contributed by atoms with Crippen molar-refractivity contribution >= 4 is 44.7 Å². The van der Waals surface area contributed by atoms with E-state index in [1.54, 1.807) is 7.11 Å². The Morgan fingerprint density at radius 2 is 2.03 bits per heavy atom. The van der Waals surface area contributed by atoms with Gasteiger partial charge in [-0.2, -0.15) is 0 Å². The summed E-state index contributed by atoms with van der Waals surface area (Å²) in [5.41, 5.74) is 4.71. The maximum Gasteiger partial charge on any atom is 0.253 e. The van der Waals surface area contributed by atoms with E-state index < -0.39 is 0 Å². The standard InChI is InChI=1S/C24H21ClN4O2S/c1-31-16-5-7-19-18(14-16)27-24(21-3-2-10-29(19)21)8-11-28(12-9-24)22(30)15-4-6-17-20(13-15)32-23(25)26-17/h2-7,10,13-14,27H,8-9,11-12H2,1H3. The van der Waals surface area contributed by atoms with Gasteiger partial charge in [0.15, 0.2) is 4.47 Å². The first kappa shape index (κ1) is 19.6. The van der Waals surface area contributed by atoms with Crippen molar-refractivity contribution in [3.05, 3.63) is 70.5 Å². The van der Waals surface area contributed by atoms with Crippen LogP contribution in [0, 0.1) is 0 Å². The fourth-order valence-corrected chi connectivity index (χ4v) is 6.01. The van der Waals surface area contributed by atoms with Gasteiger partial charge in [0.2, 0.25) is 0 Å². The van der Waals surface area contributed by atoms with Crippen LogP contribution in [0.3, 0.4) is 0 Å². The molecule has 4 heterocycles. The van der Waals surface area contributed by atoms with Crippen LogP contribution in [0.2, 0.25) is 4.47 Å². The Kier molecular flexibility index (Phi) is 4.45. The molecule has 1 amide bonds. The number of hydrogen-bond acceptors (Lipinski definition) is 5. The summed E-state index contributed by atoms with van der Waals surface area (Å²) in [6.45, 7) is 1.36. The van der Waals surface area contributed by atoms with Crippen LogP contribution in [0.25, 0.3) is 15.9 Å². The number of aromatic nitrogens is 2. The lowest BCUT2D eigenvalue weighted by Gasteiger charge is -2.46. The van der Waals surface area contributed by atoms with Crippen molar-refractivity contribution in [3.63, 3.8) is 0 Å². The predicted molar refractivity (Wildman–Crippen MR) is 127 cm³/mol. The third kappa shape index (κ3) is 2.99. The van der Waals surface area contributed by atoms with Crippen LogP contribution < -0.4 is 10.1 Å². The van der Waals surface area contributed by atoms with Crippen molar-refractivity contribution in [3.8, 4) is 11.4 Å². The van der Waals surface area contributed by atoms with E-state index in [-0.39, 0.29) is 11.4 Å². The second-order valence-corrected chi connectivity index (χ2v) is 9.91. The Balaban J connectivity index is 1.27. The third-order valence-corrected chi connectivity index (χ3v) is 7.71. The van der Waals surface area contributed by atoms with E-state index in [9.17, 15) is 4.79 Å². The van der Waals surface area contributed by atoms with Crippen molar-refractivity contribution in [2.24, 2.45) is 0 Å². The first-order chi connectivity index (χ1) is 15.6. The van der Waals surface area contributed by atoms with E-state index in [4.69, 9.17) is 16.3 Å². The van der Waals surface area contributed by atoms with Gasteiger partial charge in [-0.05, 0) is 55.3 Å². The molecule has 2 aliphatic heterocycles. The average molecular weight is 465 g/mol. The quantitative estimate of drug-likeness (QED) is 0.437. The topological polar surface area (TPSA) is 59.4 Å². The number of ether oxygens (including phenoxy) is 1. The largest absolute Gasteiger partial charge is 0.497 e. The van der Waals surface area contributed by atoms with E-state index in [0.717, 1.165) is 40.2 Å². The summed E-state index contributed by atoms with van der Waals surface area (Å²) in [7, 11) is 1.68. The number of rotatable bonds is 2. The summed E-state index contributed by atoms with van der Waals surface area (Å²) in [5, 5.41) is 3.80. The normalized spacial score (nSPS) is 16.5. The van der Waals surface area contributed by atoms with Gasteiger partial charge in [0.1, 0.15) is 5.75 Å². The summed E-state index contributed by atoms with van der Waals surface area (Å²) >= 11 is 7.43. The Labute approximate surface area is 194 Å². The lowest BCUT2D eigenvalue weighted by molar-refractivity contribution is 0.0676. The van der Waals surface area contributed by atoms with E-state index >= 15 is 0 Å². The SMILES string of the molecule is COc1ccc2c(c1)NC1(CCN(C(=O)c3ccc4nc(Cl)sc4c3)CC1)c1cccn1-2. The van der Waals surface area contributed by atoms with Gasteiger partial charge in [0.25, 0.3) is 5.91 Å². The molecular formula is C24H21ClN4O2S. The molecule has 0 unspecified atom stereocenters. The molecule has 0 aliphatic carbocycles. The lowest BCUT2D eigenvalue weighted by Crippen LogP contribution is -2.51. The maximum atomic E-state index is 13.2. The Bertz CT molecular complexity index is 1350. The number of hydrogen-bond donors (Lipinski definition) is 1. The Morgan fingerprint density at radius 1 is 1.19 bits per heavy atom. The van der Waals surface area contributed by atoms with Gasteiger partial charge >= 0.3 is 0 Å². The van der Waals surface area contributed by atoms with E-state index in [2.05, 4.69) is 39.3 Å². The van der Waals surface area contributed by atoms with Crippen LogP contribution in [-0.4, -0.2) is 40.6 Å². The Morgan fingerprint density at radius 3 is 2.84 bits per heavy atom. The molecule has 6 nitrogen and oxygen atoms in total. The van der Waals surface area contributed by atoms with Crippen molar-refractivity contribution in [2.45, 2.75) is 18.4 Å². The molecule has 1 fully saturated rings. The summed E-state index contributed by atoms with van der Waals surface area (Å²) in [6.07, 6.45) is 3.76. The van der Waals surface area contributed by atoms with Crippen molar-refractivity contribution in [1.29, 1.82) is 0 Å². The number of carbonyl (C=O) groups excluding carboxylic acids is 1. The molecule has 4 aromatic rings. The highest BCUT2D eigenvalue weighted by atomic mass is 35.5. The molecule has 2 aliphatic rings. The minimum atomic E-state index is -0.213. The van der Waals surface area contributed by atoms with E-state index in [0.29, 0.717) is 23.1 Å². The van der Waals surface area contributed by atoms with Crippen LogP contribution in [-0.2, 0) is 5.54 Å². The molecule has 0 atom stereocenters. The Hall–Kier alpha value is -3.03. The first-order valence-corrected chi connectivity index (χ1v) is 11.8. The number of halogens is 1. The van der Waals surface area contributed by atoms with Gasteiger partial charge in [-0.1, -0.05) is 11.6 Å². The number of anilines is 1. The van der Waals surface area contributed by atoms with Gasteiger partial charge in [0.05, 0.1) is 34.2 Å². The second kappa shape index (κ2) is 7.25. The summed E-state index contributed by atoms with van der Waals surface area (Å²) in [6, 6.07) is 16.0. The number of piperidine rings is 1. The number of carbonyl (C=O) groups is 1. The monoisotopic (exact) mass is 464 g/mol. The molecule has 8 heteroatoms. The third-order valence-electron chi connectivity index (χ3n) is 6.59. The molecule has 1 N–H and O–H groups in total. The first-order valence-electron chi connectivity index (χ1n) is 10.6. The molecule has 6 rings (SSSR count). The van der Waals surface area contributed by atoms with Crippen molar-refractivity contribution in [1.82, 2.24) is 14.5 Å². The van der Waals surface area contributed by atoms with Gasteiger partial charge in [-0.3, -0.25) is 4.79 Å². The number of fused-ring (bicyclic) bond motifs is 5. The van der Waals surface area contributed by atoms with Crippen LogP contribution in [0.4, 0.5) is 5.69 Å². The smallest absolute Gasteiger partial charge is 0.253 e. The van der Waals surface area contributed by atoms with Crippen molar-refractivity contribution in [2.75, 3.05) is 25.5 Å². The number of benzene rings is 2. The van der Waals surface area contributed by atoms with Gasteiger partial charge < -0.3 is 19.5 Å². The van der Waals surface area contributed by atoms with Crippen LogP contribution >= 0.6 is 22.9 Å². The zero-order valence-corrected chi connectivity index (χ0v) is 19.0. The van der Waals surface area contributed by atoms with Gasteiger partial charge in [0, 0.05) is 36.6 Å². The summed E-state index contributed by atoms with van der Waals surface area (Å²) in [5.74, 6) is 0.882. The fraction of sp³-hybridized carbons (Fsp3) is 0.250.